The molecule has 0 saturated carbocycles. The summed E-state index contributed by atoms with van der Waals surface area (Å²) in [7, 11) is 2.06. The van der Waals surface area contributed by atoms with Crippen LogP contribution in [0.2, 0.25) is 0 Å². The summed E-state index contributed by atoms with van der Waals surface area (Å²) in [5.74, 6) is -0.0611. The van der Waals surface area contributed by atoms with E-state index in [1.54, 1.807) is 0 Å². The summed E-state index contributed by atoms with van der Waals surface area (Å²) in [5, 5.41) is 12.5. The van der Waals surface area contributed by atoms with Gasteiger partial charge < -0.3 is 10.2 Å². The lowest BCUT2D eigenvalue weighted by atomic mass is 9.79. The summed E-state index contributed by atoms with van der Waals surface area (Å²) in [5.41, 5.74) is -0.815. The number of hydrogen-bond donors (Lipinski definition) is 1. The van der Waals surface area contributed by atoms with Crippen molar-refractivity contribution >= 4 is 5.91 Å². The predicted molar refractivity (Wildman–Crippen MR) is 71.9 cm³/mol. The van der Waals surface area contributed by atoms with Gasteiger partial charge in [0.2, 0.25) is 5.91 Å². The predicted octanol–water partition coefficient (Wildman–Crippen LogP) is 1.92. The number of hydrogen-bond acceptors (Lipinski definition) is 3. The zero-order chi connectivity index (χ0) is 13.6. The molecule has 1 heterocycles. The molecule has 4 heteroatoms. The molecule has 1 saturated heterocycles. The Morgan fingerprint density at radius 3 is 2.44 bits per heavy atom. The quantitative estimate of drug-likeness (QED) is 0.784. The molecule has 1 rings (SSSR count). The van der Waals surface area contributed by atoms with Crippen molar-refractivity contribution in [2.75, 3.05) is 20.1 Å². The van der Waals surface area contributed by atoms with Crippen LogP contribution in [0.5, 0.6) is 0 Å². The van der Waals surface area contributed by atoms with Gasteiger partial charge in [0.15, 0.2) is 0 Å². The van der Waals surface area contributed by atoms with E-state index < -0.39 is 5.41 Å². The molecule has 1 aliphatic heterocycles. The van der Waals surface area contributed by atoms with Gasteiger partial charge in [-0.2, -0.15) is 5.26 Å². The average molecular weight is 251 g/mol. The average Bonchev–Trinajstić information content (AvgIpc) is 2.74. The Balaban J connectivity index is 2.67. The molecular formula is C14H25N3O. The van der Waals surface area contributed by atoms with Crippen LogP contribution in [0.4, 0.5) is 0 Å². The third-order valence-electron chi connectivity index (χ3n) is 3.73. The molecule has 4 nitrogen and oxygen atoms in total. The van der Waals surface area contributed by atoms with Gasteiger partial charge in [0.25, 0.3) is 0 Å². The Labute approximate surface area is 110 Å². The van der Waals surface area contributed by atoms with Crippen molar-refractivity contribution in [3.05, 3.63) is 0 Å². The van der Waals surface area contributed by atoms with Crippen molar-refractivity contribution in [1.82, 2.24) is 10.2 Å². The van der Waals surface area contributed by atoms with Crippen molar-refractivity contribution in [2.24, 2.45) is 5.41 Å². The maximum Gasteiger partial charge on any atom is 0.240 e. The van der Waals surface area contributed by atoms with Gasteiger partial charge in [-0.3, -0.25) is 4.79 Å². The maximum atomic E-state index is 12.4. The van der Waals surface area contributed by atoms with E-state index >= 15 is 0 Å². The van der Waals surface area contributed by atoms with E-state index in [1.807, 2.05) is 13.8 Å². The first-order valence-electron chi connectivity index (χ1n) is 6.98. The van der Waals surface area contributed by atoms with Crippen LogP contribution in [0.3, 0.4) is 0 Å². The first-order chi connectivity index (χ1) is 8.57. The minimum atomic E-state index is -0.815. The molecule has 1 amide bonds. The monoisotopic (exact) mass is 251 g/mol. The number of likely N-dealkylation sites (tertiary alicyclic amines) is 1. The number of nitrogens with one attached hydrogen (secondary N) is 1. The SMILES string of the molecule is CCCC(C#N)(CCC)C(=O)NC1CCN(C)C1. The zero-order valence-electron chi connectivity index (χ0n) is 11.8. The standard InChI is InChI=1S/C14H25N3O/c1-4-7-14(11-15,8-5-2)13(18)16-12-6-9-17(3)10-12/h12H,4-10H2,1-3H3,(H,16,18). The Kier molecular flexibility index (Phi) is 5.61. The Hall–Kier alpha value is -1.08. The van der Waals surface area contributed by atoms with E-state index in [0.29, 0.717) is 12.8 Å². The lowest BCUT2D eigenvalue weighted by Crippen LogP contribution is -2.45. The number of carbonyl (C=O) groups excluding carboxylic acids is 1. The molecule has 1 fully saturated rings. The highest BCUT2D eigenvalue weighted by Gasteiger charge is 2.38. The second-order valence-corrected chi connectivity index (χ2v) is 5.42. The molecule has 1 unspecified atom stereocenters. The van der Waals surface area contributed by atoms with E-state index in [0.717, 1.165) is 32.4 Å². The minimum absolute atomic E-state index is 0.0611. The smallest absolute Gasteiger partial charge is 0.240 e. The Morgan fingerprint density at radius 2 is 2.06 bits per heavy atom. The molecule has 18 heavy (non-hydrogen) atoms. The molecule has 0 aromatic carbocycles. The summed E-state index contributed by atoms with van der Waals surface area (Å²) in [6.07, 6.45) is 4.04. The van der Waals surface area contributed by atoms with Crippen LogP contribution < -0.4 is 5.32 Å². The van der Waals surface area contributed by atoms with Gasteiger partial charge in [0.1, 0.15) is 5.41 Å². The molecule has 1 atom stereocenters. The summed E-state index contributed by atoms with van der Waals surface area (Å²) < 4.78 is 0. The van der Waals surface area contributed by atoms with Crippen molar-refractivity contribution < 1.29 is 4.79 Å². The van der Waals surface area contributed by atoms with Crippen molar-refractivity contribution in [1.29, 1.82) is 5.26 Å². The van der Waals surface area contributed by atoms with Crippen LogP contribution in [0.15, 0.2) is 0 Å². The molecule has 1 N–H and O–H groups in total. The second kappa shape index (κ2) is 6.75. The van der Waals surface area contributed by atoms with Gasteiger partial charge in [-0.25, -0.2) is 0 Å². The highest BCUT2D eigenvalue weighted by molar-refractivity contribution is 5.85. The van der Waals surface area contributed by atoms with Crippen LogP contribution >= 0.6 is 0 Å². The highest BCUT2D eigenvalue weighted by Crippen LogP contribution is 2.29. The largest absolute Gasteiger partial charge is 0.351 e. The van der Waals surface area contributed by atoms with Gasteiger partial charge in [-0.1, -0.05) is 26.7 Å². The fourth-order valence-electron chi connectivity index (χ4n) is 2.74. The third-order valence-corrected chi connectivity index (χ3v) is 3.73. The molecule has 102 valence electrons. The van der Waals surface area contributed by atoms with Crippen molar-refractivity contribution in [2.45, 2.75) is 52.0 Å². The summed E-state index contributed by atoms with van der Waals surface area (Å²) in [6, 6.07) is 2.49. The fraction of sp³-hybridized carbons (Fsp3) is 0.857. The van der Waals surface area contributed by atoms with E-state index in [2.05, 4.69) is 23.3 Å². The van der Waals surface area contributed by atoms with Gasteiger partial charge in [0, 0.05) is 12.6 Å². The van der Waals surface area contributed by atoms with Gasteiger partial charge in [0.05, 0.1) is 6.07 Å². The Bertz CT molecular complexity index is 315. The van der Waals surface area contributed by atoms with Crippen molar-refractivity contribution in [3.63, 3.8) is 0 Å². The molecule has 0 aromatic heterocycles. The van der Waals surface area contributed by atoms with Crippen LogP contribution in [-0.2, 0) is 4.79 Å². The van der Waals surface area contributed by atoms with E-state index in [9.17, 15) is 10.1 Å². The molecule has 0 radical (unpaired) electrons. The molecule has 0 aromatic rings. The first-order valence-corrected chi connectivity index (χ1v) is 6.98. The van der Waals surface area contributed by atoms with Crippen LogP contribution in [0.1, 0.15) is 46.0 Å². The Morgan fingerprint density at radius 1 is 1.44 bits per heavy atom. The number of nitrogens with zero attached hydrogens (tertiary/aromatic N) is 2. The summed E-state index contributed by atoms with van der Waals surface area (Å²) in [4.78, 5) is 14.6. The van der Waals surface area contributed by atoms with Gasteiger partial charge >= 0.3 is 0 Å². The zero-order valence-corrected chi connectivity index (χ0v) is 11.8. The molecule has 1 aliphatic rings. The summed E-state index contributed by atoms with van der Waals surface area (Å²) in [6.45, 7) is 5.97. The highest BCUT2D eigenvalue weighted by atomic mass is 16.2. The molecule has 0 spiro atoms. The molecular weight excluding hydrogens is 226 g/mol. The lowest BCUT2D eigenvalue weighted by molar-refractivity contribution is -0.129. The first kappa shape index (κ1) is 15.0. The van der Waals surface area contributed by atoms with Gasteiger partial charge in [-0.15, -0.1) is 0 Å². The normalized spacial score (nSPS) is 20.7. The maximum absolute atomic E-state index is 12.4. The number of amides is 1. The number of likely N-dealkylation sites (N-methyl/N-ethyl adjacent to an activating group) is 1. The van der Waals surface area contributed by atoms with E-state index in [-0.39, 0.29) is 11.9 Å². The minimum Gasteiger partial charge on any atom is -0.351 e. The topological polar surface area (TPSA) is 56.1 Å². The van der Waals surface area contributed by atoms with Crippen LogP contribution in [0, 0.1) is 16.7 Å². The van der Waals surface area contributed by atoms with E-state index in [4.69, 9.17) is 0 Å². The number of nitriles is 1. The fourth-order valence-corrected chi connectivity index (χ4v) is 2.74. The number of carbonyl (C=O) groups is 1. The van der Waals surface area contributed by atoms with Crippen LogP contribution in [-0.4, -0.2) is 37.0 Å². The number of rotatable bonds is 6. The van der Waals surface area contributed by atoms with E-state index in [1.165, 1.54) is 0 Å². The lowest BCUT2D eigenvalue weighted by Gasteiger charge is -2.26. The van der Waals surface area contributed by atoms with Crippen molar-refractivity contribution in [3.8, 4) is 6.07 Å². The van der Waals surface area contributed by atoms with Gasteiger partial charge in [-0.05, 0) is 32.9 Å². The third kappa shape index (κ3) is 3.46. The summed E-state index contributed by atoms with van der Waals surface area (Å²) >= 11 is 0. The molecule has 0 bridgehead atoms. The second-order valence-electron chi connectivity index (χ2n) is 5.42. The van der Waals surface area contributed by atoms with Crippen LogP contribution in [0.25, 0.3) is 0 Å². The molecule has 0 aliphatic carbocycles.